The summed E-state index contributed by atoms with van der Waals surface area (Å²) >= 11 is 0. The molecule has 2 unspecified atom stereocenters. The van der Waals surface area contributed by atoms with E-state index in [0.717, 1.165) is 37.8 Å². The molecule has 2 aliphatic carbocycles. The fourth-order valence-corrected chi connectivity index (χ4v) is 3.56. The van der Waals surface area contributed by atoms with Gasteiger partial charge in [-0.1, -0.05) is 25.0 Å². The van der Waals surface area contributed by atoms with Gasteiger partial charge < -0.3 is 10.4 Å². The van der Waals surface area contributed by atoms with Gasteiger partial charge in [0.05, 0.1) is 6.10 Å². The zero-order valence-corrected chi connectivity index (χ0v) is 11.9. The molecule has 0 aliphatic heterocycles. The summed E-state index contributed by atoms with van der Waals surface area (Å²) in [6.45, 7) is 0.932. The van der Waals surface area contributed by atoms with Crippen molar-refractivity contribution < 1.29 is 9.50 Å². The lowest BCUT2D eigenvalue weighted by Crippen LogP contribution is -2.44. The van der Waals surface area contributed by atoms with Crippen molar-refractivity contribution in [2.75, 3.05) is 6.54 Å². The minimum absolute atomic E-state index is 0.115. The summed E-state index contributed by atoms with van der Waals surface area (Å²) in [6, 6.07) is 7.52. The third-order valence-electron chi connectivity index (χ3n) is 5.00. The third kappa shape index (κ3) is 3.21. The quantitative estimate of drug-likeness (QED) is 0.885. The first-order valence-corrected chi connectivity index (χ1v) is 7.89. The van der Waals surface area contributed by atoms with Gasteiger partial charge >= 0.3 is 0 Å². The minimum atomic E-state index is -0.135. The first kappa shape index (κ1) is 14.0. The van der Waals surface area contributed by atoms with Crippen LogP contribution in [0.3, 0.4) is 0 Å². The lowest BCUT2D eigenvalue weighted by atomic mass is 9.75. The molecule has 0 saturated heterocycles. The largest absolute Gasteiger partial charge is 0.393 e. The van der Waals surface area contributed by atoms with E-state index in [1.807, 2.05) is 6.07 Å². The molecule has 110 valence electrons. The number of hydrogen-bond acceptors (Lipinski definition) is 2. The molecule has 2 fully saturated rings. The van der Waals surface area contributed by atoms with Gasteiger partial charge in [-0.05, 0) is 55.2 Å². The molecule has 2 N–H and O–H groups in total. The Morgan fingerprint density at radius 1 is 1.20 bits per heavy atom. The van der Waals surface area contributed by atoms with Crippen LogP contribution < -0.4 is 5.32 Å². The molecule has 2 aliphatic rings. The number of nitrogens with one attached hydrogen (secondary N) is 1. The molecule has 3 rings (SSSR count). The summed E-state index contributed by atoms with van der Waals surface area (Å²) < 4.78 is 13.2. The van der Waals surface area contributed by atoms with Crippen LogP contribution in [-0.2, 0) is 0 Å². The highest BCUT2D eigenvalue weighted by molar-refractivity contribution is 5.23. The van der Waals surface area contributed by atoms with Gasteiger partial charge in [0.2, 0.25) is 0 Å². The molecular weight excluding hydrogens is 253 g/mol. The maximum Gasteiger partial charge on any atom is 0.123 e. The van der Waals surface area contributed by atoms with Gasteiger partial charge in [0.15, 0.2) is 0 Å². The molecule has 1 aromatic rings. The molecule has 0 bridgehead atoms. The van der Waals surface area contributed by atoms with E-state index in [4.69, 9.17) is 0 Å². The zero-order chi connectivity index (χ0) is 13.9. The molecule has 2 nitrogen and oxygen atoms in total. The zero-order valence-electron chi connectivity index (χ0n) is 11.9. The van der Waals surface area contributed by atoms with Gasteiger partial charge in [-0.2, -0.15) is 0 Å². The van der Waals surface area contributed by atoms with E-state index >= 15 is 0 Å². The predicted molar refractivity (Wildman–Crippen MR) is 78.1 cm³/mol. The van der Waals surface area contributed by atoms with E-state index in [0.29, 0.717) is 17.9 Å². The maximum atomic E-state index is 13.2. The summed E-state index contributed by atoms with van der Waals surface area (Å²) in [5.74, 6) is 0.792. The first-order chi connectivity index (χ1) is 9.72. The number of hydrogen-bond donors (Lipinski definition) is 2. The van der Waals surface area contributed by atoms with Crippen LogP contribution in [0.2, 0.25) is 0 Å². The maximum absolute atomic E-state index is 13.2. The van der Waals surface area contributed by atoms with Crippen molar-refractivity contribution in [1.29, 1.82) is 0 Å². The van der Waals surface area contributed by atoms with Crippen LogP contribution in [0.4, 0.5) is 4.39 Å². The lowest BCUT2D eigenvalue weighted by Gasteiger charge is -2.38. The van der Waals surface area contributed by atoms with Gasteiger partial charge in [0.25, 0.3) is 0 Å². The second-order valence-electron chi connectivity index (χ2n) is 6.44. The second kappa shape index (κ2) is 6.23. The SMILES string of the molecule is OC1CCCCC1CNC1CC(c2cccc(F)c2)C1. The molecule has 3 heteroatoms. The van der Waals surface area contributed by atoms with E-state index < -0.39 is 0 Å². The topological polar surface area (TPSA) is 32.3 Å². The minimum Gasteiger partial charge on any atom is -0.393 e. The van der Waals surface area contributed by atoms with E-state index in [-0.39, 0.29) is 11.9 Å². The molecule has 0 spiro atoms. The summed E-state index contributed by atoms with van der Waals surface area (Å²) in [4.78, 5) is 0. The molecule has 2 saturated carbocycles. The van der Waals surface area contributed by atoms with Crippen molar-refractivity contribution in [3.05, 3.63) is 35.6 Å². The highest BCUT2D eigenvalue weighted by atomic mass is 19.1. The Bertz CT molecular complexity index is 444. The fourth-order valence-electron chi connectivity index (χ4n) is 3.56. The van der Waals surface area contributed by atoms with Crippen LogP contribution in [0, 0.1) is 11.7 Å². The van der Waals surface area contributed by atoms with Crippen molar-refractivity contribution in [3.8, 4) is 0 Å². The average Bonchev–Trinajstić information content (AvgIpc) is 2.39. The van der Waals surface area contributed by atoms with E-state index in [1.54, 1.807) is 12.1 Å². The highest BCUT2D eigenvalue weighted by Gasteiger charge is 2.31. The smallest absolute Gasteiger partial charge is 0.123 e. The van der Waals surface area contributed by atoms with Crippen molar-refractivity contribution in [2.45, 2.75) is 56.6 Å². The van der Waals surface area contributed by atoms with Crippen LogP contribution in [0.25, 0.3) is 0 Å². The molecule has 0 aromatic heterocycles. The fraction of sp³-hybridized carbons (Fsp3) is 0.647. The molecular formula is C17H24FNO. The van der Waals surface area contributed by atoms with Gasteiger partial charge in [0.1, 0.15) is 5.82 Å². The Balaban J connectivity index is 1.42. The normalized spacial score (nSPS) is 33.7. The van der Waals surface area contributed by atoms with Gasteiger partial charge in [0, 0.05) is 12.6 Å². The number of aliphatic hydroxyl groups is 1. The molecule has 0 radical (unpaired) electrons. The number of aliphatic hydroxyl groups excluding tert-OH is 1. The van der Waals surface area contributed by atoms with Crippen LogP contribution >= 0.6 is 0 Å². The average molecular weight is 277 g/mol. The monoisotopic (exact) mass is 277 g/mol. The van der Waals surface area contributed by atoms with Gasteiger partial charge in [-0.15, -0.1) is 0 Å². The molecule has 0 heterocycles. The van der Waals surface area contributed by atoms with Crippen LogP contribution in [0.1, 0.15) is 50.0 Å². The van der Waals surface area contributed by atoms with Crippen molar-refractivity contribution in [3.63, 3.8) is 0 Å². The summed E-state index contributed by atoms with van der Waals surface area (Å²) in [6.07, 6.45) is 6.59. The molecule has 20 heavy (non-hydrogen) atoms. The molecule has 0 amide bonds. The summed E-state index contributed by atoms with van der Waals surface area (Å²) in [5, 5.41) is 13.5. The molecule has 2 atom stereocenters. The number of benzene rings is 1. The van der Waals surface area contributed by atoms with Crippen molar-refractivity contribution in [2.24, 2.45) is 5.92 Å². The molecule has 1 aromatic carbocycles. The van der Waals surface area contributed by atoms with Crippen molar-refractivity contribution >= 4 is 0 Å². The Kier molecular flexibility index (Phi) is 4.37. The summed E-state index contributed by atoms with van der Waals surface area (Å²) in [5.41, 5.74) is 1.13. The third-order valence-corrected chi connectivity index (χ3v) is 5.00. The second-order valence-corrected chi connectivity index (χ2v) is 6.44. The standard InChI is InChI=1S/C17H24FNO/c18-15-6-3-5-12(8-15)14-9-16(10-14)19-11-13-4-1-2-7-17(13)20/h3,5-6,8,13-14,16-17,19-20H,1-2,4,7,9-11H2. The highest BCUT2D eigenvalue weighted by Crippen LogP contribution is 2.37. The van der Waals surface area contributed by atoms with Crippen molar-refractivity contribution in [1.82, 2.24) is 5.32 Å². The number of halogens is 1. The van der Waals surface area contributed by atoms with E-state index in [9.17, 15) is 9.50 Å². The van der Waals surface area contributed by atoms with Crippen LogP contribution in [-0.4, -0.2) is 23.8 Å². The van der Waals surface area contributed by atoms with Crippen LogP contribution in [0.5, 0.6) is 0 Å². The first-order valence-electron chi connectivity index (χ1n) is 7.89. The van der Waals surface area contributed by atoms with E-state index in [2.05, 4.69) is 5.32 Å². The number of rotatable bonds is 4. The predicted octanol–water partition coefficient (Wildman–Crippen LogP) is 3.21. The van der Waals surface area contributed by atoms with Gasteiger partial charge in [-0.3, -0.25) is 0 Å². The Morgan fingerprint density at radius 3 is 2.75 bits per heavy atom. The van der Waals surface area contributed by atoms with Crippen LogP contribution in [0.15, 0.2) is 24.3 Å². The Morgan fingerprint density at radius 2 is 2.00 bits per heavy atom. The Hall–Kier alpha value is -0.930. The Labute approximate surface area is 120 Å². The summed E-state index contributed by atoms with van der Waals surface area (Å²) in [7, 11) is 0. The van der Waals surface area contributed by atoms with Gasteiger partial charge in [-0.25, -0.2) is 4.39 Å². The lowest BCUT2D eigenvalue weighted by molar-refractivity contribution is 0.0655. The van der Waals surface area contributed by atoms with E-state index in [1.165, 1.54) is 18.9 Å².